The molecular formula is C13H14ClFN2. The maximum absolute atomic E-state index is 13.8. The summed E-state index contributed by atoms with van der Waals surface area (Å²) in [6.45, 7) is 1.84. The van der Waals surface area contributed by atoms with E-state index >= 15 is 0 Å². The van der Waals surface area contributed by atoms with E-state index in [-0.39, 0.29) is 18.2 Å². The Morgan fingerprint density at radius 1 is 1.24 bits per heavy atom. The lowest BCUT2D eigenvalue weighted by Crippen LogP contribution is -2.19. The number of halogens is 2. The van der Waals surface area contributed by atoms with Crippen molar-refractivity contribution < 1.29 is 4.39 Å². The number of fused-ring (bicyclic) bond motifs is 1. The molecule has 2 heterocycles. The average molecular weight is 253 g/mol. The van der Waals surface area contributed by atoms with E-state index in [1.165, 1.54) is 11.6 Å². The number of aromatic amines is 1. The molecule has 1 aliphatic rings. The fourth-order valence-electron chi connectivity index (χ4n) is 2.26. The van der Waals surface area contributed by atoms with Gasteiger partial charge in [-0.3, -0.25) is 0 Å². The SMILES string of the molecule is Cl.Fc1cccc2[nH]cc(C3=CCNCC3)c12. The van der Waals surface area contributed by atoms with Crippen molar-refractivity contribution in [2.45, 2.75) is 6.42 Å². The van der Waals surface area contributed by atoms with Crippen molar-refractivity contribution in [1.29, 1.82) is 0 Å². The first-order chi connectivity index (χ1) is 7.86. The third kappa shape index (κ3) is 2.08. The minimum atomic E-state index is -0.145. The molecule has 0 fully saturated rings. The Bertz CT molecular complexity index is 560. The van der Waals surface area contributed by atoms with Gasteiger partial charge in [-0.1, -0.05) is 12.1 Å². The quantitative estimate of drug-likeness (QED) is 0.802. The Labute approximate surface area is 105 Å². The molecule has 2 N–H and O–H groups in total. The van der Waals surface area contributed by atoms with Crippen molar-refractivity contribution in [1.82, 2.24) is 10.3 Å². The molecule has 1 aromatic carbocycles. The van der Waals surface area contributed by atoms with Crippen molar-refractivity contribution >= 4 is 28.9 Å². The molecule has 0 amide bonds. The second-order valence-corrected chi connectivity index (χ2v) is 4.05. The van der Waals surface area contributed by atoms with Crippen LogP contribution in [0.4, 0.5) is 4.39 Å². The van der Waals surface area contributed by atoms with E-state index < -0.39 is 0 Å². The van der Waals surface area contributed by atoms with Crippen molar-refractivity contribution in [2.75, 3.05) is 13.1 Å². The molecule has 0 spiro atoms. The molecule has 1 aromatic heterocycles. The van der Waals surface area contributed by atoms with E-state index in [1.54, 1.807) is 6.07 Å². The fourth-order valence-corrected chi connectivity index (χ4v) is 2.26. The van der Waals surface area contributed by atoms with Crippen molar-refractivity contribution in [3.63, 3.8) is 0 Å². The third-order valence-corrected chi connectivity index (χ3v) is 3.06. The number of hydrogen-bond donors (Lipinski definition) is 2. The van der Waals surface area contributed by atoms with Gasteiger partial charge in [0.1, 0.15) is 5.82 Å². The van der Waals surface area contributed by atoms with Crippen LogP contribution in [0.3, 0.4) is 0 Å². The molecule has 0 bridgehead atoms. The van der Waals surface area contributed by atoms with E-state index in [0.29, 0.717) is 0 Å². The molecule has 0 saturated heterocycles. The van der Waals surface area contributed by atoms with Crippen molar-refractivity contribution in [2.24, 2.45) is 0 Å². The standard InChI is InChI=1S/C13H13FN2.ClH/c14-11-2-1-3-12-13(11)10(8-16-12)9-4-6-15-7-5-9;/h1-4,8,15-16H,5-7H2;1H. The highest BCUT2D eigenvalue weighted by Gasteiger charge is 2.13. The van der Waals surface area contributed by atoms with Gasteiger partial charge >= 0.3 is 0 Å². The first-order valence-corrected chi connectivity index (χ1v) is 5.52. The summed E-state index contributed by atoms with van der Waals surface area (Å²) < 4.78 is 13.8. The summed E-state index contributed by atoms with van der Waals surface area (Å²) in [4.78, 5) is 3.13. The maximum Gasteiger partial charge on any atom is 0.133 e. The molecule has 2 aromatic rings. The molecule has 17 heavy (non-hydrogen) atoms. The summed E-state index contributed by atoms with van der Waals surface area (Å²) in [7, 11) is 0. The lowest BCUT2D eigenvalue weighted by Gasteiger charge is -2.13. The summed E-state index contributed by atoms with van der Waals surface area (Å²) in [5.74, 6) is -0.145. The van der Waals surface area contributed by atoms with Crippen LogP contribution in [0.1, 0.15) is 12.0 Å². The second-order valence-electron chi connectivity index (χ2n) is 4.05. The molecule has 2 nitrogen and oxygen atoms in total. The lowest BCUT2D eigenvalue weighted by atomic mass is 9.99. The van der Waals surface area contributed by atoms with E-state index in [4.69, 9.17) is 0 Å². The maximum atomic E-state index is 13.8. The summed E-state index contributed by atoms with van der Waals surface area (Å²) >= 11 is 0. The summed E-state index contributed by atoms with van der Waals surface area (Å²) in [5, 5.41) is 3.98. The zero-order valence-electron chi connectivity index (χ0n) is 9.29. The van der Waals surface area contributed by atoms with Crippen LogP contribution in [0.5, 0.6) is 0 Å². The predicted octanol–water partition coefficient (Wildman–Crippen LogP) is 3.11. The van der Waals surface area contributed by atoms with Gasteiger partial charge in [-0.05, 0) is 30.7 Å². The molecule has 0 saturated carbocycles. The number of nitrogens with one attached hydrogen (secondary N) is 2. The number of rotatable bonds is 1. The van der Waals surface area contributed by atoms with Crippen LogP contribution < -0.4 is 5.32 Å². The molecule has 0 aliphatic carbocycles. The molecule has 1 aliphatic heterocycles. The summed E-state index contributed by atoms with van der Waals surface area (Å²) in [5.41, 5.74) is 3.11. The summed E-state index contributed by atoms with van der Waals surface area (Å²) in [6, 6.07) is 5.15. The number of benzene rings is 1. The minimum absolute atomic E-state index is 0. The number of aromatic nitrogens is 1. The molecule has 3 rings (SSSR count). The van der Waals surface area contributed by atoms with E-state index in [2.05, 4.69) is 16.4 Å². The van der Waals surface area contributed by atoms with Gasteiger partial charge in [0.2, 0.25) is 0 Å². The van der Waals surface area contributed by atoms with Crippen LogP contribution in [0, 0.1) is 5.82 Å². The minimum Gasteiger partial charge on any atom is -0.360 e. The van der Waals surface area contributed by atoms with Crippen LogP contribution in [-0.4, -0.2) is 18.1 Å². The molecule has 0 atom stereocenters. The van der Waals surface area contributed by atoms with Gasteiger partial charge in [0.25, 0.3) is 0 Å². The molecule has 4 heteroatoms. The molecule has 0 unspecified atom stereocenters. The van der Waals surface area contributed by atoms with Crippen LogP contribution in [0.15, 0.2) is 30.5 Å². The highest BCUT2D eigenvalue weighted by atomic mass is 35.5. The van der Waals surface area contributed by atoms with Crippen LogP contribution >= 0.6 is 12.4 Å². The Morgan fingerprint density at radius 2 is 2.12 bits per heavy atom. The zero-order chi connectivity index (χ0) is 11.0. The number of hydrogen-bond acceptors (Lipinski definition) is 1. The van der Waals surface area contributed by atoms with Crippen LogP contribution in [0.25, 0.3) is 16.5 Å². The van der Waals surface area contributed by atoms with Gasteiger partial charge in [0.15, 0.2) is 0 Å². The van der Waals surface area contributed by atoms with E-state index in [9.17, 15) is 4.39 Å². The first kappa shape index (κ1) is 12.1. The Kier molecular flexibility index (Phi) is 3.50. The highest BCUT2D eigenvalue weighted by molar-refractivity contribution is 5.93. The topological polar surface area (TPSA) is 27.8 Å². The molecule has 90 valence electrons. The third-order valence-electron chi connectivity index (χ3n) is 3.06. The number of H-pyrrole nitrogens is 1. The Morgan fingerprint density at radius 3 is 2.88 bits per heavy atom. The van der Waals surface area contributed by atoms with Crippen molar-refractivity contribution in [3.8, 4) is 0 Å². The second kappa shape index (κ2) is 4.90. The Hall–Kier alpha value is -1.32. The molecule has 0 radical (unpaired) electrons. The lowest BCUT2D eigenvalue weighted by molar-refractivity contribution is 0.639. The highest BCUT2D eigenvalue weighted by Crippen LogP contribution is 2.29. The monoisotopic (exact) mass is 252 g/mol. The summed E-state index contributed by atoms with van der Waals surface area (Å²) in [6.07, 6.45) is 5.00. The van der Waals surface area contributed by atoms with Gasteiger partial charge < -0.3 is 10.3 Å². The van der Waals surface area contributed by atoms with Crippen molar-refractivity contribution in [3.05, 3.63) is 41.9 Å². The smallest absolute Gasteiger partial charge is 0.133 e. The first-order valence-electron chi connectivity index (χ1n) is 5.52. The van der Waals surface area contributed by atoms with Gasteiger partial charge in [0.05, 0.1) is 0 Å². The van der Waals surface area contributed by atoms with Gasteiger partial charge in [-0.15, -0.1) is 12.4 Å². The predicted molar refractivity (Wildman–Crippen MR) is 71.0 cm³/mol. The van der Waals surface area contributed by atoms with Crippen LogP contribution in [0.2, 0.25) is 0 Å². The van der Waals surface area contributed by atoms with Crippen LogP contribution in [-0.2, 0) is 0 Å². The molecular weight excluding hydrogens is 239 g/mol. The van der Waals surface area contributed by atoms with Gasteiger partial charge in [-0.25, -0.2) is 4.39 Å². The largest absolute Gasteiger partial charge is 0.360 e. The van der Waals surface area contributed by atoms with Gasteiger partial charge in [-0.2, -0.15) is 0 Å². The van der Waals surface area contributed by atoms with E-state index in [0.717, 1.165) is 36.0 Å². The zero-order valence-corrected chi connectivity index (χ0v) is 10.1. The van der Waals surface area contributed by atoms with Gasteiger partial charge in [0, 0.05) is 29.2 Å². The van der Waals surface area contributed by atoms with E-state index in [1.807, 2.05) is 12.3 Å². The normalized spacial score (nSPS) is 15.5. The fraction of sp³-hybridized carbons (Fsp3) is 0.231. The Balaban J connectivity index is 0.00000108. The average Bonchev–Trinajstić information content (AvgIpc) is 2.75.